The molecule has 4 heteroatoms. The first-order valence-electron chi connectivity index (χ1n) is 6.72. The summed E-state index contributed by atoms with van der Waals surface area (Å²) in [5, 5.41) is 8.02. The smallest absolute Gasteiger partial charge is 0.0351 e. The topological polar surface area (TPSA) is 12.0 Å². The molecule has 0 amide bonds. The van der Waals surface area contributed by atoms with Crippen molar-refractivity contribution in [2.75, 3.05) is 11.5 Å². The minimum absolute atomic E-state index is 0.603. The van der Waals surface area contributed by atoms with Crippen LogP contribution in [0.15, 0.2) is 29.0 Å². The van der Waals surface area contributed by atoms with Gasteiger partial charge in [0.25, 0.3) is 0 Å². The Kier molecular flexibility index (Phi) is 6.44. The number of hydrogen-bond donors (Lipinski definition) is 1. The number of thioether (sulfide) groups is 1. The Hall–Kier alpha value is -0.290. The zero-order chi connectivity index (χ0) is 13.5. The molecule has 1 N–H and O–H groups in total. The third-order valence-electron chi connectivity index (χ3n) is 2.98. The largest absolute Gasteiger partial charge is 0.309 e. The fourth-order valence-corrected chi connectivity index (χ4v) is 4.26. The normalized spacial score (nSPS) is 12.7. The van der Waals surface area contributed by atoms with Crippen molar-refractivity contribution in [1.29, 1.82) is 0 Å². The second-order valence-corrected chi connectivity index (χ2v) is 7.88. The summed E-state index contributed by atoms with van der Waals surface area (Å²) in [4.78, 5) is 2.80. The van der Waals surface area contributed by atoms with E-state index in [-0.39, 0.29) is 0 Å². The Balaban J connectivity index is 1.77. The summed E-state index contributed by atoms with van der Waals surface area (Å²) < 4.78 is 0. The second-order valence-electron chi connectivity index (χ2n) is 4.55. The third-order valence-corrected chi connectivity index (χ3v) is 5.77. The molecule has 0 aliphatic heterocycles. The molecule has 0 aliphatic rings. The highest BCUT2D eigenvalue weighted by molar-refractivity contribution is 7.99. The van der Waals surface area contributed by atoms with Gasteiger partial charge in [0.2, 0.25) is 0 Å². The Labute approximate surface area is 128 Å². The second kappa shape index (κ2) is 8.10. The van der Waals surface area contributed by atoms with Gasteiger partial charge >= 0.3 is 0 Å². The summed E-state index contributed by atoms with van der Waals surface area (Å²) >= 11 is 5.69. The van der Waals surface area contributed by atoms with Gasteiger partial charge in [0.1, 0.15) is 0 Å². The SMILES string of the molecule is CCSCCC(C)NCc1cc(-c2cccs2)cs1. The minimum atomic E-state index is 0.603. The molecule has 0 saturated heterocycles. The van der Waals surface area contributed by atoms with Crippen LogP contribution in [0.5, 0.6) is 0 Å². The molecule has 2 aromatic rings. The quantitative estimate of drug-likeness (QED) is 0.681. The molecular weight excluding hydrogens is 290 g/mol. The maximum absolute atomic E-state index is 3.62. The lowest BCUT2D eigenvalue weighted by Gasteiger charge is -2.12. The molecule has 2 heterocycles. The van der Waals surface area contributed by atoms with Crippen LogP contribution in [0.3, 0.4) is 0 Å². The molecule has 19 heavy (non-hydrogen) atoms. The molecular formula is C15H21NS3. The molecule has 0 fully saturated rings. The Morgan fingerprint density at radius 2 is 2.26 bits per heavy atom. The van der Waals surface area contributed by atoms with Gasteiger partial charge in [0.15, 0.2) is 0 Å². The molecule has 1 unspecified atom stereocenters. The van der Waals surface area contributed by atoms with Crippen LogP contribution in [-0.4, -0.2) is 17.5 Å². The Morgan fingerprint density at radius 1 is 1.37 bits per heavy atom. The maximum Gasteiger partial charge on any atom is 0.0351 e. The van der Waals surface area contributed by atoms with Crippen LogP contribution in [-0.2, 0) is 6.54 Å². The third kappa shape index (κ3) is 4.95. The monoisotopic (exact) mass is 311 g/mol. The van der Waals surface area contributed by atoms with Gasteiger partial charge in [-0.05, 0) is 47.7 Å². The standard InChI is InChI=1S/C15H21NS3/c1-3-17-8-6-12(2)16-10-14-9-13(11-19-14)15-5-4-7-18-15/h4-5,7,9,11-12,16H,3,6,8,10H2,1-2H3. The van der Waals surface area contributed by atoms with E-state index in [9.17, 15) is 0 Å². The van der Waals surface area contributed by atoms with Crippen molar-refractivity contribution in [2.24, 2.45) is 0 Å². The molecule has 0 aromatic carbocycles. The van der Waals surface area contributed by atoms with Gasteiger partial charge in [-0.2, -0.15) is 11.8 Å². The van der Waals surface area contributed by atoms with Gasteiger partial charge in [0.05, 0.1) is 0 Å². The van der Waals surface area contributed by atoms with Crippen molar-refractivity contribution in [3.8, 4) is 10.4 Å². The lowest BCUT2D eigenvalue weighted by Crippen LogP contribution is -2.25. The van der Waals surface area contributed by atoms with Crippen molar-refractivity contribution >= 4 is 34.4 Å². The highest BCUT2D eigenvalue weighted by Gasteiger charge is 2.05. The lowest BCUT2D eigenvalue weighted by molar-refractivity contribution is 0.540. The zero-order valence-electron chi connectivity index (χ0n) is 11.5. The molecule has 1 nitrogen and oxygen atoms in total. The number of thiophene rings is 2. The van der Waals surface area contributed by atoms with Crippen molar-refractivity contribution in [3.63, 3.8) is 0 Å². The summed E-state index contributed by atoms with van der Waals surface area (Å²) in [7, 11) is 0. The van der Waals surface area contributed by atoms with Crippen molar-refractivity contribution in [2.45, 2.75) is 32.9 Å². The van der Waals surface area contributed by atoms with Gasteiger partial charge in [-0.25, -0.2) is 0 Å². The molecule has 0 radical (unpaired) electrons. The van der Waals surface area contributed by atoms with E-state index in [0.717, 1.165) is 6.54 Å². The van der Waals surface area contributed by atoms with E-state index < -0.39 is 0 Å². The zero-order valence-corrected chi connectivity index (χ0v) is 14.0. The van der Waals surface area contributed by atoms with E-state index in [2.05, 4.69) is 48.1 Å². The average Bonchev–Trinajstić information content (AvgIpc) is 3.07. The van der Waals surface area contributed by atoms with Gasteiger partial charge in [-0.3, -0.25) is 0 Å². The van der Waals surface area contributed by atoms with Gasteiger partial charge in [0, 0.05) is 27.9 Å². The van der Waals surface area contributed by atoms with E-state index in [1.807, 2.05) is 34.4 Å². The van der Waals surface area contributed by atoms with Crippen molar-refractivity contribution in [1.82, 2.24) is 5.32 Å². The number of hydrogen-bond acceptors (Lipinski definition) is 4. The molecule has 0 bridgehead atoms. The Bertz CT molecular complexity index is 461. The van der Waals surface area contributed by atoms with E-state index >= 15 is 0 Å². The average molecular weight is 312 g/mol. The molecule has 0 saturated carbocycles. The minimum Gasteiger partial charge on any atom is -0.309 e. The van der Waals surface area contributed by atoms with Crippen LogP contribution >= 0.6 is 34.4 Å². The van der Waals surface area contributed by atoms with Crippen LogP contribution in [0.25, 0.3) is 10.4 Å². The van der Waals surface area contributed by atoms with Gasteiger partial charge in [-0.15, -0.1) is 22.7 Å². The first kappa shape index (κ1) is 15.1. The van der Waals surface area contributed by atoms with Crippen molar-refractivity contribution in [3.05, 3.63) is 33.8 Å². The predicted molar refractivity (Wildman–Crippen MR) is 91.5 cm³/mol. The summed E-state index contributed by atoms with van der Waals surface area (Å²) in [6.07, 6.45) is 1.25. The first-order valence-corrected chi connectivity index (χ1v) is 9.63. The van der Waals surface area contributed by atoms with Crippen LogP contribution in [0, 0.1) is 0 Å². The molecule has 0 aliphatic carbocycles. The predicted octanol–water partition coefficient (Wildman–Crippen LogP) is 5.10. The highest BCUT2D eigenvalue weighted by atomic mass is 32.2. The number of nitrogens with one attached hydrogen (secondary N) is 1. The fraction of sp³-hybridized carbons (Fsp3) is 0.467. The van der Waals surface area contributed by atoms with Crippen LogP contribution in [0.2, 0.25) is 0 Å². The number of rotatable bonds is 8. The van der Waals surface area contributed by atoms with Crippen LogP contribution in [0.1, 0.15) is 25.1 Å². The van der Waals surface area contributed by atoms with Crippen LogP contribution < -0.4 is 5.32 Å². The van der Waals surface area contributed by atoms with Crippen molar-refractivity contribution < 1.29 is 0 Å². The Morgan fingerprint density at radius 3 is 3.00 bits per heavy atom. The first-order chi connectivity index (χ1) is 9.29. The van der Waals surface area contributed by atoms with E-state index in [1.54, 1.807) is 0 Å². The summed E-state index contributed by atoms with van der Waals surface area (Å²) in [5.41, 5.74) is 1.37. The van der Waals surface area contributed by atoms with Gasteiger partial charge in [-0.1, -0.05) is 13.0 Å². The van der Waals surface area contributed by atoms with Crippen LogP contribution in [0.4, 0.5) is 0 Å². The summed E-state index contributed by atoms with van der Waals surface area (Å²) in [6, 6.07) is 7.22. The highest BCUT2D eigenvalue weighted by Crippen LogP contribution is 2.29. The molecule has 104 valence electrons. The molecule has 0 spiro atoms. The fourth-order valence-electron chi connectivity index (χ4n) is 1.83. The molecule has 1 atom stereocenters. The summed E-state index contributed by atoms with van der Waals surface area (Å²) in [6.45, 7) is 5.50. The molecule has 2 rings (SSSR count). The summed E-state index contributed by atoms with van der Waals surface area (Å²) in [5.74, 6) is 2.48. The van der Waals surface area contributed by atoms with Gasteiger partial charge < -0.3 is 5.32 Å². The lowest BCUT2D eigenvalue weighted by atomic mass is 10.2. The van der Waals surface area contributed by atoms with E-state index in [0.29, 0.717) is 6.04 Å². The maximum atomic E-state index is 3.62. The molecule has 2 aromatic heterocycles. The van der Waals surface area contributed by atoms with E-state index in [1.165, 1.54) is 33.2 Å². The van der Waals surface area contributed by atoms with E-state index in [4.69, 9.17) is 0 Å².